The van der Waals surface area contributed by atoms with Crippen molar-refractivity contribution >= 4 is 31.3 Å². The van der Waals surface area contributed by atoms with Crippen molar-refractivity contribution in [2.24, 2.45) is 0 Å². The van der Waals surface area contributed by atoms with Crippen LogP contribution >= 0.6 is 0 Å². The van der Waals surface area contributed by atoms with E-state index in [1.165, 1.54) is 4.90 Å². The second kappa shape index (κ2) is 14.1. The third-order valence-electron chi connectivity index (χ3n) is 6.95. The van der Waals surface area contributed by atoms with E-state index in [-0.39, 0.29) is 43.6 Å². The maximum atomic E-state index is 14.0. The molecule has 0 unspecified atom stereocenters. The van der Waals surface area contributed by atoms with Gasteiger partial charge < -0.3 is 30.9 Å². The van der Waals surface area contributed by atoms with Crippen molar-refractivity contribution < 1.29 is 19.5 Å². The fraction of sp³-hybridized carbons (Fsp3) is 0.267. The molecule has 1 aliphatic rings. The molecule has 212 valence electrons. The Bertz CT molecular complexity index is 1350. The molecule has 2 atom stereocenters. The van der Waals surface area contributed by atoms with Gasteiger partial charge in [-0.25, -0.2) is 4.79 Å². The van der Waals surface area contributed by atoms with Crippen molar-refractivity contribution in [3.8, 4) is 5.75 Å². The van der Waals surface area contributed by atoms with Crippen molar-refractivity contribution in [2.45, 2.75) is 31.7 Å². The summed E-state index contributed by atoms with van der Waals surface area (Å²) < 4.78 is 0. The molecule has 3 aromatic rings. The quantitative estimate of drug-likeness (QED) is 0.155. The third-order valence-corrected chi connectivity index (χ3v) is 6.95. The van der Waals surface area contributed by atoms with Gasteiger partial charge in [0.25, 0.3) is 0 Å². The van der Waals surface area contributed by atoms with Crippen LogP contribution in [0.15, 0.2) is 85.6 Å². The number of nitrogens with one attached hydrogen (secondary N) is 3. The molecule has 41 heavy (non-hydrogen) atoms. The number of hydrogen-bond acceptors (Lipinski definition) is 6. The zero-order valence-electron chi connectivity index (χ0n) is 23.1. The van der Waals surface area contributed by atoms with E-state index >= 15 is 0 Å². The number of aromatic nitrogens is 1. The van der Waals surface area contributed by atoms with Gasteiger partial charge in [-0.3, -0.25) is 14.6 Å². The first-order valence-electron chi connectivity index (χ1n) is 13.5. The maximum Gasteiger partial charge on any atom is 0.316 e. The van der Waals surface area contributed by atoms with E-state index in [9.17, 15) is 19.5 Å². The molecule has 4 N–H and O–H groups in total. The number of aromatic hydroxyl groups is 1. The zero-order chi connectivity index (χ0) is 29.2. The van der Waals surface area contributed by atoms with Crippen molar-refractivity contribution in [1.82, 2.24) is 30.7 Å². The molecule has 11 heteroatoms. The van der Waals surface area contributed by atoms with Crippen LogP contribution in [-0.2, 0) is 29.1 Å². The van der Waals surface area contributed by atoms with Crippen LogP contribution in [0.25, 0.3) is 0 Å². The molecule has 0 spiro atoms. The lowest BCUT2D eigenvalue weighted by Gasteiger charge is -2.46. The van der Waals surface area contributed by atoms with E-state index in [2.05, 4.69) is 27.5 Å². The first kappa shape index (κ1) is 29.4. The lowest BCUT2D eigenvalue weighted by molar-refractivity contribution is -0.156. The van der Waals surface area contributed by atoms with Gasteiger partial charge in [-0.15, -0.1) is 6.58 Å². The fourth-order valence-corrected chi connectivity index (χ4v) is 4.82. The molecule has 0 saturated carbocycles. The number of pyridine rings is 1. The monoisotopic (exact) mass is 554 g/mol. The van der Waals surface area contributed by atoms with Gasteiger partial charge in [-0.2, -0.15) is 0 Å². The predicted molar refractivity (Wildman–Crippen MR) is 159 cm³/mol. The van der Waals surface area contributed by atoms with Crippen molar-refractivity contribution in [1.29, 1.82) is 0 Å². The number of rotatable bonds is 11. The van der Waals surface area contributed by atoms with Crippen LogP contribution in [0.1, 0.15) is 16.7 Å². The summed E-state index contributed by atoms with van der Waals surface area (Å²) in [6, 6.07) is 18.4. The van der Waals surface area contributed by atoms with Crippen LogP contribution in [0, 0.1) is 0 Å². The van der Waals surface area contributed by atoms with E-state index in [0.29, 0.717) is 13.1 Å². The number of phenols is 1. The number of hydrogen-bond donors (Lipinski definition) is 4. The van der Waals surface area contributed by atoms with Gasteiger partial charge in [-0.05, 0) is 40.5 Å². The average molecular weight is 554 g/mol. The van der Waals surface area contributed by atoms with E-state index in [0.717, 1.165) is 22.3 Å². The topological polar surface area (TPSA) is 127 Å². The molecule has 0 bridgehead atoms. The summed E-state index contributed by atoms with van der Waals surface area (Å²) in [5.74, 6) is -0.454. The number of phenolic OH excluding ortho intramolecular Hbond substituents is 1. The van der Waals surface area contributed by atoms with Gasteiger partial charge in [0.1, 0.15) is 18.0 Å². The molecular formula is C30H35BN6O4. The van der Waals surface area contributed by atoms with Crippen LogP contribution in [0.2, 0.25) is 0 Å². The molecule has 2 aromatic carbocycles. The molecule has 2 heterocycles. The average Bonchev–Trinajstić information content (AvgIpc) is 2.97. The molecule has 10 nitrogen and oxygen atoms in total. The summed E-state index contributed by atoms with van der Waals surface area (Å²) in [5.41, 5.74) is 3.38. The smallest absolute Gasteiger partial charge is 0.316 e. The Morgan fingerprint density at radius 2 is 1.83 bits per heavy atom. The summed E-state index contributed by atoms with van der Waals surface area (Å²) in [4.78, 5) is 48.2. The number of amides is 4. The van der Waals surface area contributed by atoms with E-state index in [1.54, 1.807) is 41.4 Å². The highest BCUT2D eigenvalue weighted by Gasteiger charge is 2.43. The van der Waals surface area contributed by atoms with Crippen molar-refractivity contribution in [2.75, 3.05) is 19.6 Å². The second-order valence-electron chi connectivity index (χ2n) is 9.90. The number of nitrogens with zero attached hydrogens (tertiary/aromatic N) is 3. The first-order chi connectivity index (χ1) is 19.9. The molecule has 1 aromatic heterocycles. The predicted octanol–water partition coefficient (Wildman–Crippen LogP) is 0.429. The Morgan fingerprint density at radius 1 is 1.07 bits per heavy atom. The van der Waals surface area contributed by atoms with Gasteiger partial charge >= 0.3 is 6.03 Å². The molecule has 4 amide bonds. The summed E-state index contributed by atoms with van der Waals surface area (Å²) in [6.07, 6.45) is 2.76. The minimum Gasteiger partial charge on any atom is -0.508 e. The normalized spacial score (nSPS) is 16.7. The Kier molecular flexibility index (Phi) is 10.1. The first-order valence-corrected chi connectivity index (χ1v) is 13.5. The highest BCUT2D eigenvalue weighted by atomic mass is 16.3. The molecular weight excluding hydrogens is 519 g/mol. The lowest BCUT2D eigenvalue weighted by Crippen LogP contribution is -2.69. The summed E-state index contributed by atoms with van der Waals surface area (Å²) in [7, 11) is 1.88. The van der Waals surface area contributed by atoms with Crippen molar-refractivity contribution in [3.63, 3.8) is 0 Å². The lowest BCUT2D eigenvalue weighted by atomic mass is 9.95. The van der Waals surface area contributed by atoms with Gasteiger partial charge in [0.05, 0.1) is 13.1 Å². The molecule has 4 rings (SSSR count). The maximum absolute atomic E-state index is 14.0. The number of benzene rings is 2. The Balaban J connectivity index is 1.63. The Morgan fingerprint density at radius 3 is 2.54 bits per heavy atom. The number of urea groups is 1. The van der Waals surface area contributed by atoms with Crippen LogP contribution < -0.4 is 21.5 Å². The van der Waals surface area contributed by atoms with Crippen LogP contribution in [0.3, 0.4) is 0 Å². The summed E-state index contributed by atoms with van der Waals surface area (Å²) in [6.45, 7) is 4.76. The van der Waals surface area contributed by atoms with Gasteiger partial charge in [0.15, 0.2) is 7.85 Å². The van der Waals surface area contributed by atoms with E-state index in [1.807, 2.05) is 50.3 Å². The highest BCUT2D eigenvalue weighted by Crippen LogP contribution is 2.23. The van der Waals surface area contributed by atoms with Gasteiger partial charge in [0.2, 0.25) is 11.8 Å². The molecule has 0 aliphatic carbocycles. The molecule has 1 saturated heterocycles. The van der Waals surface area contributed by atoms with Crippen molar-refractivity contribution in [3.05, 3.63) is 102 Å². The number of carbonyl (C=O) groups excluding carboxylic acids is 3. The van der Waals surface area contributed by atoms with Crippen LogP contribution in [0.4, 0.5) is 4.79 Å². The fourth-order valence-electron chi connectivity index (χ4n) is 4.82. The number of piperazine rings is 1. The highest BCUT2D eigenvalue weighted by molar-refractivity contribution is 6.31. The minimum absolute atomic E-state index is 0.0308. The SMILES string of the molecule is Bc1ncccc1CN1C[C@H](NC(=O)NCc2ccccc2)N(C(=O)CNCC=C)[C@@H](Cc2ccc(O)cc2)C1=O. The Hall–Kier alpha value is -4.64. The van der Waals surface area contributed by atoms with Gasteiger partial charge in [-0.1, -0.05) is 54.6 Å². The van der Waals surface area contributed by atoms with Crippen LogP contribution in [0.5, 0.6) is 5.75 Å². The number of carbonyl (C=O) groups is 3. The molecule has 1 fully saturated rings. The van der Waals surface area contributed by atoms with Gasteiger partial charge in [0, 0.05) is 32.3 Å². The summed E-state index contributed by atoms with van der Waals surface area (Å²) in [5, 5.41) is 18.6. The third kappa shape index (κ3) is 7.95. The van der Waals surface area contributed by atoms with E-state index < -0.39 is 18.2 Å². The van der Waals surface area contributed by atoms with E-state index in [4.69, 9.17) is 0 Å². The summed E-state index contributed by atoms with van der Waals surface area (Å²) >= 11 is 0. The molecule has 0 radical (unpaired) electrons. The zero-order valence-corrected chi connectivity index (χ0v) is 23.1. The standard InChI is InChI=1S/C30H35BN6O4/c1-2-14-32-18-27(39)37-25(16-21-10-12-24(38)13-11-21)29(40)36(19-23-9-6-15-33-28(23)31)20-26(37)35-30(41)34-17-22-7-4-3-5-8-22/h2-13,15,25-26,32,38H,1,14,16-20,31H2,(H2,34,35,41)/t25-,26+/m0/s1. The Labute approximate surface area is 240 Å². The minimum atomic E-state index is -0.886. The molecule has 1 aliphatic heterocycles. The van der Waals surface area contributed by atoms with Crippen LogP contribution in [-0.4, -0.2) is 77.4 Å². The second-order valence-corrected chi connectivity index (χ2v) is 9.90. The largest absolute Gasteiger partial charge is 0.508 e.